The van der Waals surface area contributed by atoms with Crippen LogP contribution in [0.5, 0.6) is 0 Å². The van der Waals surface area contributed by atoms with E-state index in [0.29, 0.717) is 25.3 Å². The summed E-state index contributed by atoms with van der Waals surface area (Å²) in [6, 6.07) is -0.616. The van der Waals surface area contributed by atoms with Crippen molar-refractivity contribution in [3.05, 3.63) is 0 Å². The molecule has 0 radical (unpaired) electrons. The Morgan fingerprint density at radius 1 is 1.25 bits per heavy atom. The summed E-state index contributed by atoms with van der Waals surface area (Å²) in [5.41, 5.74) is 5.04. The van der Waals surface area contributed by atoms with Gasteiger partial charge in [0, 0.05) is 19.0 Å². The number of rotatable bonds is 6. The van der Waals surface area contributed by atoms with Gasteiger partial charge in [-0.2, -0.15) is 0 Å². The highest BCUT2D eigenvalue weighted by molar-refractivity contribution is 5.77. The topological polar surface area (TPSA) is 122 Å². The van der Waals surface area contributed by atoms with E-state index in [-0.39, 0.29) is 24.4 Å². The van der Waals surface area contributed by atoms with Crippen molar-refractivity contribution < 1.29 is 19.5 Å². The van der Waals surface area contributed by atoms with Crippen LogP contribution in [-0.2, 0) is 9.59 Å². The molecule has 0 saturated heterocycles. The fourth-order valence-corrected chi connectivity index (χ4v) is 2.48. The molecule has 3 amide bonds. The monoisotopic (exact) mass is 285 g/mol. The van der Waals surface area contributed by atoms with Crippen molar-refractivity contribution in [2.24, 2.45) is 17.6 Å². The van der Waals surface area contributed by atoms with E-state index in [1.54, 1.807) is 6.92 Å². The fourth-order valence-electron chi connectivity index (χ4n) is 2.48. The van der Waals surface area contributed by atoms with E-state index in [4.69, 9.17) is 10.8 Å². The van der Waals surface area contributed by atoms with E-state index >= 15 is 0 Å². The summed E-state index contributed by atoms with van der Waals surface area (Å²) in [5, 5.41) is 14.3. The molecule has 20 heavy (non-hydrogen) atoms. The molecule has 0 spiro atoms. The molecule has 7 nitrogen and oxygen atoms in total. The van der Waals surface area contributed by atoms with E-state index in [9.17, 15) is 14.4 Å². The van der Waals surface area contributed by atoms with Crippen LogP contribution in [0, 0.1) is 11.8 Å². The first-order chi connectivity index (χ1) is 9.38. The third-order valence-corrected chi connectivity index (χ3v) is 3.63. The van der Waals surface area contributed by atoms with Crippen molar-refractivity contribution in [1.82, 2.24) is 10.6 Å². The van der Waals surface area contributed by atoms with Gasteiger partial charge in [-0.15, -0.1) is 0 Å². The molecule has 5 N–H and O–H groups in total. The first kappa shape index (κ1) is 16.3. The highest BCUT2D eigenvalue weighted by Crippen LogP contribution is 2.28. The third kappa shape index (κ3) is 5.90. The van der Waals surface area contributed by atoms with Crippen molar-refractivity contribution in [2.45, 2.75) is 45.1 Å². The second kappa shape index (κ2) is 7.72. The number of carbonyl (C=O) groups is 3. The minimum Gasteiger partial charge on any atom is -0.481 e. The minimum absolute atomic E-state index is 0.108. The number of carbonyl (C=O) groups excluding carboxylic acids is 2. The maximum absolute atomic E-state index is 11.6. The Labute approximate surface area is 118 Å². The predicted molar refractivity (Wildman–Crippen MR) is 72.9 cm³/mol. The van der Waals surface area contributed by atoms with E-state index in [1.807, 2.05) is 0 Å². The number of amides is 3. The molecular weight excluding hydrogens is 262 g/mol. The molecule has 114 valence electrons. The molecule has 0 heterocycles. The van der Waals surface area contributed by atoms with Gasteiger partial charge in [-0.1, -0.05) is 0 Å². The van der Waals surface area contributed by atoms with Crippen LogP contribution in [0.15, 0.2) is 0 Å². The predicted octanol–water partition coefficient (Wildman–Crippen LogP) is 0.441. The number of urea groups is 1. The molecule has 0 aromatic heterocycles. The summed E-state index contributed by atoms with van der Waals surface area (Å²) in [4.78, 5) is 33.1. The molecule has 1 aliphatic rings. The van der Waals surface area contributed by atoms with Crippen molar-refractivity contribution in [1.29, 1.82) is 0 Å². The summed E-state index contributed by atoms with van der Waals surface area (Å²) in [5.74, 6) is -1.10. The summed E-state index contributed by atoms with van der Waals surface area (Å²) in [7, 11) is 0. The SMILES string of the molecule is CC(CC(N)=O)NC(=O)NCC1CCC(C(=O)O)CC1. The zero-order valence-electron chi connectivity index (χ0n) is 11.7. The molecule has 1 rings (SSSR count). The number of carboxylic acids is 1. The van der Waals surface area contributed by atoms with E-state index < -0.39 is 11.9 Å². The van der Waals surface area contributed by atoms with Crippen LogP contribution >= 0.6 is 0 Å². The summed E-state index contributed by atoms with van der Waals surface area (Å²) in [6.45, 7) is 2.24. The number of aliphatic carboxylic acids is 1. The van der Waals surface area contributed by atoms with Crippen LogP contribution in [0.4, 0.5) is 4.79 Å². The van der Waals surface area contributed by atoms with Crippen molar-refractivity contribution >= 4 is 17.9 Å². The largest absolute Gasteiger partial charge is 0.481 e. The van der Waals surface area contributed by atoms with Gasteiger partial charge in [0.1, 0.15) is 0 Å². The molecule has 7 heteroatoms. The van der Waals surface area contributed by atoms with Gasteiger partial charge in [0.05, 0.1) is 5.92 Å². The molecule has 0 bridgehead atoms. The van der Waals surface area contributed by atoms with Gasteiger partial charge in [0.2, 0.25) is 5.91 Å². The van der Waals surface area contributed by atoms with E-state index in [1.165, 1.54) is 0 Å². The van der Waals surface area contributed by atoms with Crippen LogP contribution < -0.4 is 16.4 Å². The molecule has 1 atom stereocenters. The molecule has 1 saturated carbocycles. The maximum atomic E-state index is 11.6. The van der Waals surface area contributed by atoms with Gasteiger partial charge in [0.25, 0.3) is 0 Å². The van der Waals surface area contributed by atoms with Crippen molar-refractivity contribution in [3.8, 4) is 0 Å². The minimum atomic E-state index is -0.727. The Balaban J connectivity index is 2.19. The molecule has 0 aliphatic heterocycles. The van der Waals surface area contributed by atoms with Crippen LogP contribution in [0.3, 0.4) is 0 Å². The molecular formula is C13H23N3O4. The average Bonchev–Trinajstić information content (AvgIpc) is 2.35. The highest BCUT2D eigenvalue weighted by Gasteiger charge is 2.26. The summed E-state index contributed by atoms with van der Waals surface area (Å²) in [6.07, 6.45) is 3.07. The molecule has 1 unspecified atom stereocenters. The van der Waals surface area contributed by atoms with Gasteiger partial charge in [0.15, 0.2) is 0 Å². The molecule has 0 aromatic rings. The molecule has 1 fully saturated rings. The maximum Gasteiger partial charge on any atom is 0.315 e. The number of nitrogens with two attached hydrogens (primary N) is 1. The van der Waals surface area contributed by atoms with Gasteiger partial charge in [-0.25, -0.2) is 4.79 Å². The Morgan fingerprint density at radius 2 is 1.85 bits per heavy atom. The zero-order chi connectivity index (χ0) is 15.1. The average molecular weight is 285 g/mol. The number of hydrogen-bond donors (Lipinski definition) is 4. The number of carboxylic acid groups (broad SMARTS) is 1. The third-order valence-electron chi connectivity index (χ3n) is 3.63. The lowest BCUT2D eigenvalue weighted by atomic mass is 9.82. The Kier molecular flexibility index (Phi) is 6.27. The van der Waals surface area contributed by atoms with Gasteiger partial charge < -0.3 is 21.5 Å². The van der Waals surface area contributed by atoms with Crippen LogP contribution in [-0.4, -0.2) is 35.6 Å². The fraction of sp³-hybridized carbons (Fsp3) is 0.769. The summed E-state index contributed by atoms with van der Waals surface area (Å²) < 4.78 is 0. The highest BCUT2D eigenvalue weighted by atomic mass is 16.4. The van der Waals surface area contributed by atoms with Crippen LogP contribution in [0.1, 0.15) is 39.0 Å². The zero-order valence-corrected chi connectivity index (χ0v) is 11.7. The summed E-state index contributed by atoms with van der Waals surface area (Å²) >= 11 is 0. The lowest BCUT2D eigenvalue weighted by molar-refractivity contribution is -0.143. The number of primary amides is 1. The standard InChI is InChI=1S/C13H23N3O4/c1-8(6-11(14)17)16-13(20)15-7-9-2-4-10(5-3-9)12(18)19/h8-10H,2-7H2,1H3,(H2,14,17)(H,18,19)(H2,15,16,20). The Morgan fingerprint density at radius 3 is 2.35 bits per heavy atom. The first-order valence-electron chi connectivity index (χ1n) is 6.94. The quantitative estimate of drug-likeness (QED) is 0.565. The second-order valence-corrected chi connectivity index (χ2v) is 5.48. The molecule has 0 aromatic carbocycles. The van der Waals surface area contributed by atoms with E-state index in [2.05, 4.69) is 10.6 Å². The van der Waals surface area contributed by atoms with Gasteiger partial charge in [-0.05, 0) is 38.5 Å². The smallest absolute Gasteiger partial charge is 0.315 e. The Bertz CT molecular complexity index is 365. The normalized spacial score (nSPS) is 23.6. The van der Waals surface area contributed by atoms with Crippen molar-refractivity contribution in [3.63, 3.8) is 0 Å². The molecule has 1 aliphatic carbocycles. The lowest BCUT2D eigenvalue weighted by Gasteiger charge is -2.26. The Hall–Kier alpha value is -1.79. The van der Waals surface area contributed by atoms with Gasteiger partial charge >= 0.3 is 12.0 Å². The second-order valence-electron chi connectivity index (χ2n) is 5.48. The number of hydrogen-bond acceptors (Lipinski definition) is 3. The van der Waals surface area contributed by atoms with Crippen molar-refractivity contribution in [2.75, 3.05) is 6.54 Å². The lowest BCUT2D eigenvalue weighted by Crippen LogP contribution is -2.44. The van der Waals surface area contributed by atoms with Crippen LogP contribution in [0.25, 0.3) is 0 Å². The first-order valence-corrected chi connectivity index (χ1v) is 6.94. The van der Waals surface area contributed by atoms with Gasteiger partial charge in [-0.3, -0.25) is 9.59 Å². The van der Waals surface area contributed by atoms with Crippen LogP contribution in [0.2, 0.25) is 0 Å². The number of nitrogens with one attached hydrogen (secondary N) is 2. The van der Waals surface area contributed by atoms with E-state index in [0.717, 1.165) is 12.8 Å².